The number of sulfonamides is 1. The zero-order chi connectivity index (χ0) is 20.9. The summed E-state index contributed by atoms with van der Waals surface area (Å²) in [6, 6.07) is 11.0. The number of ether oxygens (including phenoxy) is 2. The van der Waals surface area contributed by atoms with Crippen LogP contribution in [0.25, 0.3) is 0 Å². The van der Waals surface area contributed by atoms with Gasteiger partial charge in [0.2, 0.25) is 10.0 Å². The van der Waals surface area contributed by atoms with Gasteiger partial charge in [-0.1, -0.05) is 24.1 Å². The molecule has 1 aliphatic rings. The van der Waals surface area contributed by atoms with Crippen LogP contribution in [0.1, 0.15) is 32.1 Å². The lowest BCUT2D eigenvalue weighted by Crippen LogP contribution is -2.21. The molecule has 2 aromatic rings. The largest absolute Gasteiger partial charge is 0.490 e. The van der Waals surface area contributed by atoms with E-state index in [1.54, 1.807) is 12.1 Å². The first-order valence-corrected chi connectivity index (χ1v) is 11.3. The van der Waals surface area contributed by atoms with E-state index < -0.39 is 15.9 Å². The molecule has 0 heterocycles. The summed E-state index contributed by atoms with van der Waals surface area (Å²) in [6.07, 6.45) is 5.96. The summed E-state index contributed by atoms with van der Waals surface area (Å²) in [6.45, 7) is -0.236. The van der Waals surface area contributed by atoms with Crippen LogP contribution in [-0.4, -0.2) is 27.0 Å². The van der Waals surface area contributed by atoms with E-state index in [1.165, 1.54) is 37.5 Å². The minimum atomic E-state index is -3.87. The smallest absolute Gasteiger partial charge is 0.262 e. The molecular formula is C20H23ClN2O5S. The minimum absolute atomic E-state index is 0.0627. The summed E-state index contributed by atoms with van der Waals surface area (Å²) in [7, 11) is -3.87. The fourth-order valence-electron chi connectivity index (χ4n) is 3.12. The third-order valence-corrected chi connectivity index (χ3v) is 5.80. The van der Waals surface area contributed by atoms with Crippen LogP contribution in [0.2, 0.25) is 5.02 Å². The van der Waals surface area contributed by atoms with Crippen molar-refractivity contribution in [2.24, 2.45) is 5.14 Å². The first-order valence-electron chi connectivity index (χ1n) is 9.33. The Morgan fingerprint density at radius 2 is 1.83 bits per heavy atom. The molecule has 1 fully saturated rings. The van der Waals surface area contributed by atoms with Crippen LogP contribution in [0.4, 0.5) is 5.69 Å². The third kappa shape index (κ3) is 6.35. The highest BCUT2D eigenvalue weighted by atomic mass is 35.5. The van der Waals surface area contributed by atoms with Crippen LogP contribution in [0.15, 0.2) is 47.4 Å². The van der Waals surface area contributed by atoms with Crippen molar-refractivity contribution in [2.45, 2.75) is 43.1 Å². The van der Waals surface area contributed by atoms with E-state index in [0.29, 0.717) is 5.75 Å². The van der Waals surface area contributed by atoms with E-state index >= 15 is 0 Å². The summed E-state index contributed by atoms with van der Waals surface area (Å²) in [5, 5.41) is 7.70. The maximum Gasteiger partial charge on any atom is 0.262 e. The number of nitrogens with two attached hydrogens (primary N) is 1. The Bertz CT molecular complexity index is 975. The summed E-state index contributed by atoms with van der Waals surface area (Å²) in [5.74, 6) is 0.800. The van der Waals surface area contributed by atoms with Crippen molar-refractivity contribution in [2.75, 3.05) is 11.9 Å². The van der Waals surface area contributed by atoms with Gasteiger partial charge in [-0.25, -0.2) is 13.6 Å². The van der Waals surface area contributed by atoms with E-state index in [9.17, 15) is 13.2 Å². The Labute approximate surface area is 175 Å². The van der Waals surface area contributed by atoms with Gasteiger partial charge in [-0.2, -0.15) is 0 Å². The Balaban J connectivity index is 1.55. The number of carbonyl (C=O) groups excluding carboxylic acids is 1. The summed E-state index contributed by atoms with van der Waals surface area (Å²) in [5.41, 5.74) is 0.266. The van der Waals surface area contributed by atoms with Gasteiger partial charge in [0, 0.05) is 6.07 Å². The van der Waals surface area contributed by atoms with Crippen LogP contribution in [-0.2, 0) is 14.8 Å². The van der Waals surface area contributed by atoms with Crippen LogP contribution in [0, 0.1) is 0 Å². The highest BCUT2D eigenvalue weighted by Crippen LogP contribution is 2.27. The number of hydrogen-bond donors (Lipinski definition) is 2. The SMILES string of the molecule is NS(=O)(=O)c1ccc(NC(=O)COc2cccc(OC3CCCCC3)c2)c(Cl)c1. The molecule has 3 N–H and O–H groups in total. The molecule has 0 radical (unpaired) electrons. The Morgan fingerprint density at radius 3 is 2.52 bits per heavy atom. The maximum atomic E-state index is 12.2. The molecule has 0 atom stereocenters. The van der Waals surface area contributed by atoms with E-state index in [0.717, 1.165) is 18.6 Å². The first kappa shape index (κ1) is 21.4. The number of anilines is 1. The molecule has 0 bridgehead atoms. The van der Waals surface area contributed by atoms with Crippen molar-refractivity contribution in [1.82, 2.24) is 0 Å². The molecule has 156 valence electrons. The van der Waals surface area contributed by atoms with Gasteiger partial charge in [0.05, 0.1) is 21.7 Å². The van der Waals surface area contributed by atoms with Crippen molar-refractivity contribution in [3.05, 3.63) is 47.5 Å². The lowest BCUT2D eigenvalue weighted by molar-refractivity contribution is -0.118. The summed E-state index contributed by atoms with van der Waals surface area (Å²) in [4.78, 5) is 12.0. The van der Waals surface area contributed by atoms with E-state index in [4.69, 9.17) is 26.2 Å². The fraction of sp³-hybridized carbons (Fsp3) is 0.350. The normalized spacial score (nSPS) is 15.0. The van der Waals surface area contributed by atoms with E-state index in [-0.39, 0.29) is 28.3 Å². The molecule has 0 aliphatic heterocycles. The van der Waals surface area contributed by atoms with Crippen LogP contribution in [0.5, 0.6) is 11.5 Å². The number of primary sulfonamides is 1. The van der Waals surface area contributed by atoms with Gasteiger partial charge in [0.25, 0.3) is 5.91 Å². The number of halogens is 1. The topological polar surface area (TPSA) is 108 Å². The van der Waals surface area contributed by atoms with E-state index in [1.807, 2.05) is 12.1 Å². The maximum absolute atomic E-state index is 12.2. The second kappa shape index (κ2) is 9.47. The van der Waals surface area contributed by atoms with Crippen LogP contribution in [0.3, 0.4) is 0 Å². The lowest BCUT2D eigenvalue weighted by atomic mass is 9.98. The first-order chi connectivity index (χ1) is 13.8. The quantitative estimate of drug-likeness (QED) is 0.684. The van der Waals surface area contributed by atoms with Gasteiger partial charge in [0.15, 0.2) is 6.61 Å². The molecule has 3 rings (SSSR count). The average molecular weight is 439 g/mol. The molecule has 1 saturated carbocycles. The summed E-state index contributed by atoms with van der Waals surface area (Å²) >= 11 is 6.02. The third-order valence-electron chi connectivity index (χ3n) is 4.57. The second-order valence-electron chi connectivity index (χ2n) is 6.88. The molecule has 1 aliphatic carbocycles. The summed E-state index contributed by atoms with van der Waals surface area (Å²) < 4.78 is 34.2. The van der Waals surface area contributed by atoms with Gasteiger partial charge in [0.1, 0.15) is 11.5 Å². The minimum Gasteiger partial charge on any atom is -0.490 e. The molecule has 2 aromatic carbocycles. The van der Waals surface area contributed by atoms with Crippen LogP contribution < -0.4 is 19.9 Å². The molecule has 0 spiro atoms. The van der Waals surface area contributed by atoms with Gasteiger partial charge >= 0.3 is 0 Å². The average Bonchev–Trinajstić information content (AvgIpc) is 2.68. The zero-order valence-electron chi connectivity index (χ0n) is 15.8. The van der Waals surface area contributed by atoms with Gasteiger partial charge in [-0.05, 0) is 56.0 Å². The fourth-order valence-corrected chi connectivity index (χ4v) is 3.95. The van der Waals surface area contributed by atoms with Crippen molar-refractivity contribution < 1.29 is 22.7 Å². The molecule has 0 unspecified atom stereocenters. The number of carbonyl (C=O) groups is 1. The number of rotatable bonds is 7. The molecule has 0 saturated heterocycles. The predicted molar refractivity (Wildman–Crippen MR) is 111 cm³/mol. The predicted octanol–water partition coefficient (Wildman–Crippen LogP) is 3.72. The number of amides is 1. The van der Waals surface area contributed by atoms with Gasteiger partial charge < -0.3 is 14.8 Å². The zero-order valence-corrected chi connectivity index (χ0v) is 17.3. The molecule has 29 heavy (non-hydrogen) atoms. The number of nitrogens with one attached hydrogen (secondary N) is 1. The Morgan fingerprint density at radius 1 is 1.10 bits per heavy atom. The second-order valence-corrected chi connectivity index (χ2v) is 8.84. The van der Waals surface area contributed by atoms with E-state index in [2.05, 4.69) is 5.32 Å². The standard InChI is InChI=1S/C20H23ClN2O5S/c21-18-12-17(29(22,25)26)9-10-19(18)23-20(24)13-27-15-7-4-8-16(11-15)28-14-5-2-1-3-6-14/h4,7-12,14H,1-3,5-6,13H2,(H,23,24)(H2,22,25,26). The Hall–Kier alpha value is -2.29. The Kier molecular flexibility index (Phi) is 7.00. The highest BCUT2D eigenvalue weighted by Gasteiger charge is 2.15. The lowest BCUT2D eigenvalue weighted by Gasteiger charge is -2.23. The monoisotopic (exact) mass is 438 g/mol. The molecule has 0 aromatic heterocycles. The van der Waals surface area contributed by atoms with Crippen molar-refractivity contribution in [1.29, 1.82) is 0 Å². The highest BCUT2D eigenvalue weighted by molar-refractivity contribution is 7.89. The molecular weight excluding hydrogens is 416 g/mol. The number of hydrogen-bond acceptors (Lipinski definition) is 5. The van der Waals surface area contributed by atoms with Gasteiger partial charge in [-0.15, -0.1) is 0 Å². The van der Waals surface area contributed by atoms with Crippen molar-refractivity contribution in [3.63, 3.8) is 0 Å². The molecule has 1 amide bonds. The number of benzene rings is 2. The van der Waals surface area contributed by atoms with Crippen molar-refractivity contribution in [3.8, 4) is 11.5 Å². The van der Waals surface area contributed by atoms with Gasteiger partial charge in [-0.3, -0.25) is 4.79 Å². The molecule has 9 heteroatoms. The van der Waals surface area contributed by atoms with Crippen LogP contribution >= 0.6 is 11.6 Å². The molecule has 7 nitrogen and oxygen atoms in total. The van der Waals surface area contributed by atoms with Crippen molar-refractivity contribution >= 4 is 33.2 Å².